The van der Waals surface area contributed by atoms with Crippen LogP contribution in [0.5, 0.6) is 0 Å². The van der Waals surface area contributed by atoms with Gasteiger partial charge in [-0.05, 0) is 25.0 Å². The molecule has 9 heteroatoms. The number of nitrogens with one attached hydrogen (secondary N) is 1. The highest BCUT2D eigenvalue weighted by Gasteiger charge is 2.28. The number of hydrogen-bond donors (Lipinski definition) is 2. The number of aryl methyl sites for hydroxylation is 1. The molecule has 9 nitrogen and oxygen atoms in total. The Labute approximate surface area is 168 Å². The maximum absolute atomic E-state index is 11.9. The highest BCUT2D eigenvalue weighted by molar-refractivity contribution is 5.98. The number of pyridine rings is 1. The first-order valence-electron chi connectivity index (χ1n) is 9.56. The van der Waals surface area contributed by atoms with Gasteiger partial charge in [-0.1, -0.05) is 12.8 Å². The Hall–Kier alpha value is -3.67. The van der Waals surface area contributed by atoms with Crippen LogP contribution in [0.25, 0.3) is 11.3 Å². The molecule has 1 aliphatic carbocycles. The molecule has 0 radical (unpaired) electrons. The second-order valence-electron chi connectivity index (χ2n) is 7.28. The van der Waals surface area contributed by atoms with Gasteiger partial charge in [0.1, 0.15) is 5.56 Å². The molecule has 3 heterocycles. The molecule has 0 spiro atoms. The molecule has 3 aromatic rings. The smallest absolute Gasteiger partial charge is 0.254 e. The van der Waals surface area contributed by atoms with E-state index in [1.165, 1.54) is 0 Å². The largest absolute Gasteiger partial charge is 0.365 e. The molecule has 1 amide bonds. The van der Waals surface area contributed by atoms with Crippen LogP contribution >= 0.6 is 0 Å². The minimum Gasteiger partial charge on any atom is -0.365 e. The van der Waals surface area contributed by atoms with Gasteiger partial charge >= 0.3 is 0 Å². The molecule has 1 saturated carbocycles. The van der Waals surface area contributed by atoms with E-state index in [1.54, 1.807) is 28.0 Å². The van der Waals surface area contributed by atoms with Crippen molar-refractivity contribution in [2.75, 3.05) is 5.32 Å². The molecule has 0 bridgehead atoms. The first kappa shape index (κ1) is 18.7. The molecule has 2 atom stereocenters. The maximum Gasteiger partial charge on any atom is 0.254 e. The van der Waals surface area contributed by atoms with E-state index < -0.39 is 5.91 Å². The molecule has 3 N–H and O–H groups in total. The summed E-state index contributed by atoms with van der Waals surface area (Å²) in [6, 6.07) is 6.05. The summed E-state index contributed by atoms with van der Waals surface area (Å²) in [5.41, 5.74) is 8.25. The molecule has 0 saturated heterocycles. The molecule has 0 aromatic carbocycles. The average Bonchev–Trinajstić information content (AvgIpc) is 3.35. The number of anilines is 2. The zero-order valence-electron chi connectivity index (χ0n) is 16.1. The summed E-state index contributed by atoms with van der Waals surface area (Å²) in [6.07, 6.45) is 10.7. The van der Waals surface area contributed by atoms with Crippen LogP contribution in [0.2, 0.25) is 0 Å². The second-order valence-corrected chi connectivity index (χ2v) is 7.28. The third kappa shape index (κ3) is 3.82. The third-order valence-electron chi connectivity index (χ3n) is 5.26. The summed E-state index contributed by atoms with van der Waals surface area (Å²) < 4.78 is 3.43. The topological polar surface area (TPSA) is 127 Å². The highest BCUT2D eigenvalue weighted by Crippen LogP contribution is 2.34. The fourth-order valence-corrected chi connectivity index (χ4v) is 3.74. The van der Waals surface area contributed by atoms with Gasteiger partial charge in [0.15, 0.2) is 5.82 Å². The van der Waals surface area contributed by atoms with Crippen molar-refractivity contribution in [1.82, 2.24) is 24.5 Å². The van der Waals surface area contributed by atoms with Gasteiger partial charge in [0.05, 0.1) is 41.8 Å². The van der Waals surface area contributed by atoms with E-state index in [0.717, 1.165) is 36.9 Å². The van der Waals surface area contributed by atoms with Crippen molar-refractivity contribution in [3.63, 3.8) is 0 Å². The average molecular weight is 390 g/mol. The summed E-state index contributed by atoms with van der Waals surface area (Å²) in [5, 5.41) is 21.3. The highest BCUT2D eigenvalue weighted by atomic mass is 16.1. The van der Waals surface area contributed by atoms with Crippen molar-refractivity contribution < 1.29 is 4.79 Å². The molecule has 0 aliphatic heterocycles. The van der Waals surface area contributed by atoms with E-state index in [0.29, 0.717) is 17.1 Å². The van der Waals surface area contributed by atoms with Gasteiger partial charge in [-0.15, -0.1) is 0 Å². The van der Waals surface area contributed by atoms with Gasteiger partial charge < -0.3 is 11.1 Å². The van der Waals surface area contributed by atoms with E-state index >= 15 is 0 Å². The number of hydrogen-bond acceptors (Lipinski definition) is 6. The van der Waals surface area contributed by atoms with Gasteiger partial charge in [0.25, 0.3) is 5.91 Å². The normalized spacial score (nSPS) is 18.9. The Morgan fingerprint density at radius 1 is 1.28 bits per heavy atom. The Bertz CT molecular complexity index is 1060. The number of aromatic nitrogens is 5. The van der Waals surface area contributed by atoms with E-state index in [-0.39, 0.29) is 12.0 Å². The zero-order valence-corrected chi connectivity index (χ0v) is 16.1. The van der Waals surface area contributed by atoms with Crippen LogP contribution in [0.15, 0.2) is 36.9 Å². The van der Waals surface area contributed by atoms with Gasteiger partial charge in [-0.3, -0.25) is 19.1 Å². The first-order valence-corrected chi connectivity index (χ1v) is 9.56. The third-order valence-corrected chi connectivity index (χ3v) is 5.26. The van der Waals surface area contributed by atoms with Gasteiger partial charge in [-0.2, -0.15) is 15.5 Å². The van der Waals surface area contributed by atoms with Crippen LogP contribution < -0.4 is 11.1 Å². The first-order chi connectivity index (χ1) is 14.0. The Morgan fingerprint density at radius 3 is 2.76 bits per heavy atom. The van der Waals surface area contributed by atoms with Crippen LogP contribution in [0.4, 0.5) is 11.5 Å². The van der Waals surface area contributed by atoms with Gasteiger partial charge in [-0.25, -0.2) is 0 Å². The minimum atomic E-state index is -0.567. The standard InChI is InChI=1S/C20H22N8O/c1-27-11-14(9-24-27)17-7-6-15(10-23-17)25-20-16(19(22)29)12-28(26-20)18-5-3-2-4-13(18)8-21/h6-7,9-13,18H,2-5H2,1H3,(H2,22,29)(H,25,26)/t13-,18+/m1/s1. The van der Waals surface area contributed by atoms with Gasteiger partial charge in [0, 0.05) is 25.0 Å². The SMILES string of the molecule is Cn1cc(-c2ccc(Nc3nn([C@H]4CCCC[C@@H]4C#N)cc3C(N)=O)cn2)cn1. The lowest BCUT2D eigenvalue weighted by atomic mass is 9.85. The van der Waals surface area contributed by atoms with Crippen LogP contribution in [0.3, 0.4) is 0 Å². The molecule has 0 unspecified atom stereocenters. The van der Waals surface area contributed by atoms with E-state index in [4.69, 9.17) is 5.73 Å². The maximum atomic E-state index is 11.9. The summed E-state index contributed by atoms with van der Waals surface area (Å²) in [7, 11) is 1.85. The lowest BCUT2D eigenvalue weighted by Crippen LogP contribution is -2.22. The van der Waals surface area contributed by atoms with Gasteiger partial charge in [0.2, 0.25) is 0 Å². The summed E-state index contributed by atoms with van der Waals surface area (Å²) in [5.74, 6) is -0.309. The number of carbonyl (C=O) groups excluding carboxylic acids is 1. The second kappa shape index (κ2) is 7.75. The van der Waals surface area contributed by atoms with Crippen LogP contribution in [0, 0.1) is 17.2 Å². The quantitative estimate of drug-likeness (QED) is 0.689. The van der Waals surface area contributed by atoms with E-state index in [2.05, 4.69) is 26.6 Å². The summed E-state index contributed by atoms with van der Waals surface area (Å²) in [4.78, 5) is 16.4. The fraction of sp³-hybridized carbons (Fsp3) is 0.350. The number of primary amides is 1. The van der Waals surface area contributed by atoms with Crippen LogP contribution in [0.1, 0.15) is 42.1 Å². The van der Waals surface area contributed by atoms with E-state index in [9.17, 15) is 10.1 Å². The van der Waals surface area contributed by atoms with Crippen molar-refractivity contribution in [2.45, 2.75) is 31.7 Å². The fourth-order valence-electron chi connectivity index (χ4n) is 3.74. The van der Waals surface area contributed by atoms with Crippen LogP contribution in [-0.4, -0.2) is 30.5 Å². The molecular formula is C20H22N8O. The number of amides is 1. The molecular weight excluding hydrogens is 368 g/mol. The van der Waals surface area contributed by atoms with Crippen molar-refractivity contribution in [3.05, 3.63) is 42.5 Å². The van der Waals surface area contributed by atoms with Crippen molar-refractivity contribution in [3.8, 4) is 17.3 Å². The Morgan fingerprint density at radius 2 is 2.10 bits per heavy atom. The molecule has 3 aromatic heterocycles. The monoisotopic (exact) mass is 390 g/mol. The predicted molar refractivity (Wildman–Crippen MR) is 107 cm³/mol. The zero-order chi connectivity index (χ0) is 20.4. The number of nitrogens with zero attached hydrogens (tertiary/aromatic N) is 6. The number of nitriles is 1. The van der Waals surface area contributed by atoms with Crippen molar-refractivity contribution in [2.24, 2.45) is 18.7 Å². The van der Waals surface area contributed by atoms with E-state index in [1.807, 2.05) is 25.4 Å². The number of nitrogens with two attached hydrogens (primary N) is 1. The Kier molecular flexibility index (Phi) is 4.99. The lowest BCUT2D eigenvalue weighted by molar-refractivity contribution is 0.100. The van der Waals surface area contributed by atoms with Crippen molar-refractivity contribution in [1.29, 1.82) is 5.26 Å². The molecule has 1 aliphatic rings. The van der Waals surface area contributed by atoms with Crippen LogP contribution in [-0.2, 0) is 7.05 Å². The molecule has 1 fully saturated rings. The Balaban J connectivity index is 1.58. The molecule has 29 heavy (non-hydrogen) atoms. The van der Waals surface area contributed by atoms with Crippen molar-refractivity contribution >= 4 is 17.4 Å². The minimum absolute atomic E-state index is 0.0477. The summed E-state index contributed by atoms with van der Waals surface area (Å²) >= 11 is 0. The lowest BCUT2D eigenvalue weighted by Gasteiger charge is -2.26. The number of carbonyl (C=O) groups is 1. The number of rotatable bonds is 5. The summed E-state index contributed by atoms with van der Waals surface area (Å²) in [6.45, 7) is 0. The molecule has 4 rings (SSSR count). The molecule has 148 valence electrons. The predicted octanol–water partition coefficient (Wildman–Crippen LogP) is 2.78.